The monoisotopic (exact) mass is 419 g/mol. The second-order valence-corrected chi connectivity index (χ2v) is 6.95. The molecule has 0 saturated carbocycles. The van der Waals surface area contributed by atoms with Crippen molar-refractivity contribution in [1.29, 1.82) is 0 Å². The summed E-state index contributed by atoms with van der Waals surface area (Å²) < 4.78 is 2.73. The van der Waals surface area contributed by atoms with E-state index in [1.165, 1.54) is 6.07 Å². The summed E-state index contributed by atoms with van der Waals surface area (Å²) in [7, 11) is 1.85. The van der Waals surface area contributed by atoms with Crippen molar-refractivity contribution in [2.45, 2.75) is 13.3 Å². The summed E-state index contributed by atoms with van der Waals surface area (Å²) in [6.07, 6.45) is 0.489. The van der Waals surface area contributed by atoms with Gasteiger partial charge in [-0.2, -0.15) is 5.10 Å². The highest BCUT2D eigenvalue weighted by atomic mass is 79.9. The third kappa shape index (κ3) is 3.45. The highest BCUT2D eigenvalue weighted by molar-refractivity contribution is 9.10. The molecule has 3 aromatic rings. The number of halogens is 2. The van der Waals surface area contributed by atoms with Crippen molar-refractivity contribution in [2.24, 2.45) is 7.05 Å². The number of nitrogens with one attached hydrogen (secondary N) is 1. The maximum absolute atomic E-state index is 12.9. The smallest absolute Gasteiger partial charge is 0.264 e. The molecule has 1 aromatic carbocycles. The predicted octanol–water partition coefficient (Wildman–Crippen LogP) is 3.65. The highest BCUT2D eigenvalue weighted by Gasteiger charge is 2.23. The molecule has 1 N–H and O–H groups in total. The number of benzene rings is 1. The van der Waals surface area contributed by atoms with E-state index in [9.17, 15) is 9.59 Å². The average Bonchev–Trinajstić information content (AvgIpc) is 2.80. The van der Waals surface area contributed by atoms with E-state index in [-0.39, 0.29) is 11.3 Å². The summed E-state index contributed by atoms with van der Waals surface area (Å²) >= 11 is 9.48. The quantitative estimate of drug-likeness (QED) is 0.655. The van der Waals surface area contributed by atoms with Crippen molar-refractivity contribution in [3.05, 3.63) is 84.5 Å². The van der Waals surface area contributed by atoms with Crippen LogP contribution in [-0.4, -0.2) is 20.5 Å². The zero-order chi connectivity index (χ0) is 18.1. The van der Waals surface area contributed by atoms with Gasteiger partial charge in [0.05, 0.1) is 11.4 Å². The Morgan fingerprint density at radius 2 is 1.92 bits per heavy atom. The largest absolute Gasteiger partial charge is 0.343 e. The van der Waals surface area contributed by atoms with E-state index in [0.29, 0.717) is 28.4 Å². The van der Waals surface area contributed by atoms with Crippen LogP contribution in [0.2, 0.25) is 5.02 Å². The first kappa shape index (κ1) is 17.6. The fourth-order valence-electron chi connectivity index (χ4n) is 2.75. The van der Waals surface area contributed by atoms with E-state index in [4.69, 9.17) is 11.6 Å². The molecule has 0 radical (unpaired) electrons. The molecule has 3 rings (SSSR count). The van der Waals surface area contributed by atoms with Crippen LogP contribution < -0.4 is 5.56 Å². The summed E-state index contributed by atoms with van der Waals surface area (Å²) in [4.78, 5) is 24.1. The van der Waals surface area contributed by atoms with E-state index in [2.05, 4.69) is 26.1 Å². The number of H-pyrrole nitrogens is 1. The molecule has 2 aromatic heterocycles. The average molecular weight is 421 g/mol. The summed E-state index contributed by atoms with van der Waals surface area (Å²) in [5.41, 5.74) is 3.43. The summed E-state index contributed by atoms with van der Waals surface area (Å²) in [6.45, 7) is 1.90. The molecule has 0 spiro atoms. The van der Waals surface area contributed by atoms with Gasteiger partial charge in [0.2, 0.25) is 5.78 Å². The maximum Gasteiger partial charge on any atom is 0.264 e. The van der Waals surface area contributed by atoms with Gasteiger partial charge in [-0.25, -0.2) is 5.10 Å². The molecule has 128 valence electrons. The van der Waals surface area contributed by atoms with Gasteiger partial charge in [-0.15, -0.1) is 0 Å². The molecule has 25 heavy (non-hydrogen) atoms. The number of ketones is 1. The first-order valence-corrected chi connectivity index (χ1v) is 8.74. The molecule has 0 fully saturated rings. The minimum Gasteiger partial charge on any atom is -0.343 e. The Balaban J connectivity index is 2.01. The van der Waals surface area contributed by atoms with Gasteiger partial charge in [0.15, 0.2) is 0 Å². The minimum atomic E-state index is -0.246. The number of carbonyl (C=O) groups is 1. The van der Waals surface area contributed by atoms with Gasteiger partial charge < -0.3 is 4.57 Å². The Bertz CT molecular complexity index is 986. The van der Waals surface area contributed by atoms with Crippen molar-refractivity contribution in [3.63, 3.8) is 0 Å². The third-order valence-corrected chi connectivity index (χ3v) is 5.39. The normalized spacial score (nSPS) is 10.9. The van der Waals surface area contributed by atoms with E-state index >= 15 is 0 Å². The number of aromatic nitrogens is 3. The fourth-order valence-corrected chi connectivity index (χ4v) is 3.47. The first-order chi connectivity index (χ1) is 11.9. The van der Waals surface area contributed by atoms with Gasteiger partial charge in [-0.1, -0.05) is 11.6 Å². The van der Waals surface area contributed by atoms with E-state index in [1.807, 2.05) is 18.5 Å². The van der Waals surface area contributed by atoms with Gasteiger partial charge in [-0.3, -0.25) is 9.59 Å². The Labute approximate surface area is 157 Å². The van der Waals surface area contributed by atoms with Crippen LogP contribution in [0.15, 0.2) is 45.7 Å². The number of hydrogen-bond donors (Lipinski definition) is 1. The number of carbonyl (C=O) groups excluding carboxylic acids is 1. The molecule has 2 heterocycles. The molecular formula is C18H15BrClN3O2. The Hall–Kier alpha value is -2.18. The zero-order valence-electron chi connectivity index (χ0n) is 13.6. The molecule has 0 aliphatic heterocycles. The lowest BCUT2D eigenvalue weighted by atomic mass is 10.1. The van der Waals surface area contributed by atoms with Crippen molar-refractivity contribution in [3.8, 4) is 0 Å². The molecule has 0 aliphatic rings. The number of aromatic amines is 1. The van der Waals surface area contributed by atoms with Crippen LogP contribution in [0.25, 0.3) is 0 Å². The lowest BCUT2D eigenvalue weighted by Gasteiger charge is -2.08. The van der Waals surface area contributed by atoms with Crippen molar-refractivity contribution in [1.82, 2.24) is 14.8 Å². The predicted molar refractivity (Wildman–Crippen MR) is 100 cm³/mol. The van der Waals surface area contributed by atoms with Crippen molar-refractivity contribution >= 4 is 33.3 Å². The second-order valence-electron chi connectivity index (χ2n) is 5.72. The van der Waals surface area contributed by atoms with Gasteiger partial charge in [0.1, 0.15) is 0 Å². The molecule has 0 aliphatic carbocycles. The van der Waals surface area contributed by atoms with E-state index < -0.39 is 0 Å². The summed E-state index contributed by atoms with van der Waals surface area (Å²) in [5.74, 6) is -0.0713. The van der Waals surface area contributed by atoms with Crippen LogP contribution in [-0.2, 0) is 13.5 Å². The molecule has 0 saturated heterocycles. The molecule has 0 bridgehead atoms. The van der Waals surface area contributed by atoms with Crippen LogP contribution in [0.1, 0.15) is 33.0 Å². The number of nitrogens with zero attached hydrogens (tertiary/aromatic N) is 2. The molecule has 5 nitrogen and oxygen atoms in total. The molecule has 0 unspecified atom stereocenters. The van der Waals surface area contributed by atoms with Gasteiger partial charge >= 0.3 is 0 Å². The van der Waals surface area contributed by atoms with Crippen LogP contribution in [0, 0.1) is 6.92 Å². The third-order valence-electron chi connectivity index (χ3n) is 4.08. The summed E-state index contributed by atoms with van der Waals surface area (Å²) in [6, 6.07) is 9.95. The van der Waals surface area contributed by atoms with Crippen LogP contribution in [0.3, 0.4) is 0 Å². The highest BCUT2D eigenvalue weighted by Crippen LogP contribution is 2.30. The van der Waals surface area contributed by atoms with Crippen molar-refractivity contribution in [2.75, 3.05) is 0 Å². The number of rotatable bonds is 4. The Morgan fingerprint density at radius 1 is 1.24 bits per heavy atom. The van der Waals surface area contributed by atoms with Gasteiger partial charge in [0.25, 0.3) is 5.56 Å². The fraction of sp³-hybridized carbons (Fsp3) is 0.167. The first-order valence-electron chi connectivity index (χ1n) is 7.57. The summed E-state index contributed by atoms with van der Waals surface area (Å²) in [5, 5.41) is 7.05. The van der Waals surface area contributed by atoms with Gasteiger partial charge in [0, 0.05) is 40.3 Å². The lowest BCUT2D eigenvalue weighted by Crippen LogP contribution is -2.12. The minimum absolute atomic E-state index is 0.0713. The molecule has 0 atom stereocenters. The standard InChI is InChI=1S/C18H15BrClN3O2/c1-10-16(19)14(9-13-7-8-15(24)22-21-13)23(2)17(10)18(25)11-3-5-12(20)6-4-11/h3-8H,9H2,1-2H3,(H,22,24). The Morgan fingerprint density at radius 3 is 2.52 bits per heavy atom. The second kappa shape index (κ2) is 6.98. The van der Waals surface area contributed by atoms with Crippen LogP contribution in [0.4, 0.5) is 0 Å². The molecular weight excluding hydrogens is 406 g/mol. The van der Waals surface area contributed by atoms with Crippen LogP contribution >= 0.6 is 27.5 Å². The zero-order valence-corrected chi connectivity index (χ0v) is 16.0. The topological polar surface area (TPSA) is 67.8 Å². The van der Waals surface area contributed by atoms with Crippen molar-refractivity contribution < 1.29 is 4.79 Å². The van der Waals surface area contributed by atoms with E-state index in [0.717, 1.165) is 15.7 Å². The molecule has 0 amide bonds. The van der Waals surface area contributed by atoms with E-state index in [1.54, 1.807) is 30.3 Å². The maximum atomic E-state index is 12.9. The van der Waals surface area contributed by atoms with Gasteiger partial charge in [-0.05, 0) is 58.7 Å². The molecule has 7 heteroatoms. The SMILES string of the molecule is Cc1c(Br)c(Cc2ccc(=O)[nH]n2)n(C)c1C(=O)c1ccc(Cl)cc1. The van der Waals surface area contributed by atoms with Crippen LogP contribution in [0.5, 0.6) is 0 Å². The lowest BCUT2D eigenvalue weighted by molar-refractivity contribution is 0.103. The number of hydrogen-bond acceptors (Lipinski definition) is 3. The Kier molecular flexibility index (Phi) is 4.92.